The van der Waals surface area contributed by atoms with E-state index in [9.17, 15) is 0 Å². The minimum atomic E-state index is 0.727. The van der Waals surface area contributed by atoms with Crippen molar-refractivity contribution in [1.29, 1.82) is 0 Å². The number of rotatable bonds is 5. The number of nitrogens with zero attached hydrogens (tertiary/aromatic N) is 4. The fraction of sp³-hybridized carbons (Fsp3) is 0.471. The highest BCUT2D eigenvalue weighted by atomic mass is 35.5. The topological polar surface area (TPSA) is 53.9 Å². The molecule has 1 aromatic heterocycles. The molecule has 1 aromatic carbocycles. The van der Waals surface area contributed by atoms with Gasteiger partial charge in [-0.3, -0.25) is 0 Å². The molecule has 0 aliphatic carbocycles. The normalized spacial score (nSPS) is 15.7. The van der Waals surface area contributed by atoms with Gasteiger partial charge >= 0.3 is 0 Å². The lowest BCUT2D eigenvalue weighted by Gasteiger charge is -2.29. The van der Waals surface area contributed by atoms with E-state index in [-0.39, 0.29) is 0 Å². The molecule has 1 N–H and O–H groups in total. The Hall–Kier alpha value is -1.88. The first-order chi connectivity index (χ1) is 11.2. The van der Waals surface area contributed by atoms with E-state index in [2.05, 4.69) is 38.4 Å². The van der Waals surface area contributed by atoms with Gasteiger partial charge in [0.2, 0.25) is 5.95 Å². The van der Waals surface area contributed by atoms with Crippen molar-refractivity contribution in [2.45, 2.75) is 26.2 Å². The van der Waals surface area contributed by atoms with Crippen LogP contribution in [0.2, 0.25) is 5.02 Å². The third-order valence-corrected chi connectivity index (χ3v) is 4.46. The van der Waals surface area contributed by atoms with Gasteiger partial charge in [0, 0.05) is 24.7 Å². The Balaban J connectivity index is 1.55. The molecule has 0 amide bonds. The highest BCUT2D eigenvalue weighted by molar-refractivity contribution is 6.30. The summed E-state index contributed by atoms with van der Waals surface area (Å²) in [5.41, 5.74) is 1.21. The summed E-state index contributed by atoms with van der Waals surface area (Å²) in [6, 6.07) is 7.92. The molecule has 1 saturated heterocycles. The number of benzene rings is 1. The van der Waals surface area contributed by atoms with Gasteiger partial charge < -0.3 is 10.2 Å². The number of halogens is 1. The van der Waals surface area contributed by atoms with Crippen LogP contribution >= 0.6 is 11.6 Å². The maximum atomic E-state index is 6.00. The Morgan fingerprint density at radius 3 is 2.91 bits per heavy atom. The number of aromatic nitrogens is 3. The molecule has 23 heavy (non-hydrogen) atoms. The Bertz CT molecular complexity index is 640. The Morgan fingerprint density at radius 1 is 1.30 bits per heavy atom. The molecule has 6 heteroatoms. The van der Waals surface area contributed by atoms with Crippen molar-refractivity contribution in [3.05, 3.63) is 41.0 Å². The first-order valence-electron chi connectivity index (χ1n) is 8.14. The van der Waals surface area contributed by atoms with E-state index < -0.39 is 0 Å². The minimum absolute atomic E-state index is 0.727. The number of hydrogen-bond acceptors (Lipinski definition) is 5. The summed E-state index contributed by atoms with van der Waals surface area (Å²) in [6.07, 6.45) is 4.95. The van der Waals surface area contributed by atoms with Crippen LogP contribution in [0.3, 0.4) is 0 Å². The van der Waals surface area contributed by atoms with Gasteiger partial charge in [-0.2, -0.15) is 10.1 Å². The Morgan fingerprint density at radius 2 is 2.13 bits per heavy atom. The zero-order chi connectivity index (χ0) is 16.1. The lowest BCUT2D eigenvalue weighted by molar-refractivity contribution is 0.433. The summed E-state index contributed by atoms with van der Waals surface area (Å²) in [6.45, 7) is 5.10. The lowest BCUT2D eigenvalue weighted by atomic mass is 10.00. The van der Waals surface area contributed by atoms with E-state index >= 15 is 0 Å². The highest BCUT2D eigenvalue weighted by Crippen LogP contribution is 2.20. The van der Waals surface area contributed by atoms with Gasteiger partial charge in [0.05, 0.1) is 6.20 Å². The molecular formula is C17H22ClN5. The molecule has 5 nitrogen and oxygen atoms in total. The fourth-order valence-electron chi connectivity index (χ4n) is 2.75. The third kappa shape index (κ3) is 4.55. The second-order valence-corrected chi connectivity index (χ2v) is 6.55. The van der Waals surface area contributed by atoms with Gasteiger partial charge in [-0.05, 0) is 42.9 Å². The van der Waals surface area contributed by atoms with Crippen molar-refractivity contribution in [1.82, 2.24) is 15.2 Å². The molecule has 0 radical (unpaired) electrons. The van der Waals surface area contributed by atoms with Crippen molar-refractivity contribution < 1.29 is 0 Å². The van der Waals surface area contributed by atoms with Crippen LogP contribution in [0, 0.1) is 5.92 Å². The summed E-state index contributed by atoms with van der Waals surface area (Å²) >= 11 is 6.00. The standard InChI is InChI=1S/C17H22ClN5/c1-13-6-9-23(10-7-13)17-21-16(12-20-22-17)19-8-5-14-3-2-4-15(18)11-14/h2-4,11-13H,5-10H2,1H3,(H,19,21,22). The molecule has 0 saturated carbocycles. The molecule has 2 heterocycles. The van der Waals surface area contributed by atoms with E-state index in [1.165, 1.54) is 18.4 Å². The van der Waals surface area contributed by atoms with Crippen molar-refractivity contribution >= 4 is 23.4 Å². The van der Waals surface area contributed by atoms with Crippen LogP contribution in [0.5, 0.6) is 0 Å². The Kier molecular flexibility index (Phi) is 5.28. The lowest BCUT2D eigenvalue weighted by Crippen LogP contribution is -2.34. The van der Waals surface area contributed by atoms with Crippen molar-refractivity contribution in [2.24, 2.45) is 5.92 Å². The molecule has 0 spiro atoms. The maximum absolute atomic E-state index is 6.00. The van der Waals surface area contributed by atoms with E-state index in [0.29, 0.717) is 0 Å². The average Bonchev–Trinajstić information content (AvgIpc) is 2.56. The quantitative estimate of drug-likeness (QED) is 0.909. The zero-order valence-electron chi connectivity index (χ0n) is 13.4. The smallest absolute Gasteiger partial charge is 0.247 e. The van der Waals surface area contributed by atoms with Crippen LogP contribution in [0.15, 0.2) is 30.5 Å². The van der Waals surface area contributed by atoms with Crippen molar-refractivity contribution in [3.8, 4) is 0 Å². The molecule has 122 valence electrons. The predicted molar refractivity (Wildman–Crippen MR) is 94.1 cm³/mol. The van der Waals surface area contributed by atoms with Crippen LogP contribution in [-0.4, -0.2) is 34.8 Å². The van der Waals surface area contributed by atoms with Gasteiger partial charge in [-0.1, -0.05) is 30.7 Å². The van der Waals surface area contributed by atoms with Crippen LogP contribution in [-0.2, 0) is 6.42 Å². The summed E-state index contributed by atoms with van der Waals surface area (Å²) in [7, 11) is 0. The molecule has 0 bridgehead atoms. The van der Waals surface area contributed by atoms with Gasteiger partial charge in [0.15, 0.2) is 5.82 Å². The van der Waals surface area contributed by atoms with E-state index in [4.69, 9.17) is 11.6 Å². The van der Waals surface area contributed by atoms with Crippen LogP contribution in [0.4, 0.5) is 11.8 Å². The van der Waals surface area contributed by atoms with Crippen LogP contribution in [0.1, 0.15) is 25.3 Å². The van der Waals surface area contributed by atoms with E-state index in [1.54, 1.807) is 6.20 Å². The van der Waals surface area contributed by atoms with Crippen LogP contribution < -0.4 is 10.2 Å². The molecule has 0 atom stereocenters. The molecule has 2 aromatic rings. The summed E-state index contributed by atoms with van der Waals surface area (Å²) in [4.78, 5) is 6.80. The summed E-state index contributed by atoms with van der Waals surface area (Å²) in [5, 5.41) is 12.3. The van der Waals surface area contributed by atoms with Gasteiger partial charge in [0.25, 0.3) is 0 Å². The first-order valence-corrected chi connectivity index (χ1v) is 8.51. The molecular weight excluding hydrogens is 310 g/mol. The SMILES string of the molecule is CC1CCN(c2nncc(NCCc3cccc(Cl)c3)n2)CC1. The van der Waals surface area contributed by atoms with Crippen molar-refractivity contribution in [3.63, 3.8) is 0 Å². The molecule has 1 aliphatic rings. The van der Waals surface area contributed by atoms with Gasteiger partial charge in [0.1, 0.15) is 0 Å². The second kappa shape index (κ2) is 7.59. The van der Waals surface area contributed by atoms with E-state index in [1.807, 2.05) is 18.2 Å². The monoisotopic (exact) mass is 331 g/mol. The molecule has 1 aliphatic heterocycles. The second-order valence-electron chi connectivity index (χ2n) is 6.12. The fourth-order valence-corrected chi connectivity index (χ4v) is 2.96. The molecule has 3 rings (SSSR count). The first kappa shape index (κ1) is 16.0. The maximum Gasteiger partial charge on any atom is 0.247 e. The molecule has 0 unspecified atom stereocenters. The van der Waals surface area contributed by atoms with E-state index in [0.717, 1.165) is 48.8 Å². The zero-order valence-corrected chi connectivity index (χ0v) is 14.1. The molecule has 1 fully saturated rings. The summed E-state index contributed by atoms with van der Waals surface area (Å²) < 4.78 is 0. The van der Waals surface area contributed by atoms with Crippen LogP contribution in [0.25, 0.3) is 0 Å². The third-order valence-electron chi connectivity index (χ3n) is 4.22. The number of hydrogen-bond donors (Lipinski definition) is 1. The predicted octanol–water partition coefficient (Wildman–Crippen LogP) is 3.42. The average molecular weight is 332 g/mol. The summed E-state index contributed by atoms with van der Waals surface area (Å²) in [5.74, 6) is 2.29. The number of piperidine rings is 1. The number of nitrogens with one attached hydrogen (secondary N) is 1. The van der Waals surface area contributed by atoms with Crippen molar-refractivity contribution in [2.75, 3.05) is 29.9 Å². The minimum Gasteiger partial charge on any atom is -0.368 e. The Labute approximate surface area is 142 Å². The largest absolute Gasteiger partial charge is 0.368 e. The van der Waals surface area contributed by atoms with Gasteiger partial charge in [-0.25, -0.2) is 0 Å². The number of anilines is 2. The highest BCUT2D eigenvalue weighted by Gasteiger charge is 2.18. The van der Waals surface area contributed by atoms with Gasteiger partial charge in [-0.15, -0.1) is 5.10 Å².